The molecule has 4 rings (SSSR count). The standard InChI is InChI=1S/C17H20N4O2S/c1-10-14(11(2)23-19-10)16(22)20-6-4-5-13(9-20)15-17-21(7-8-24-17)12(3)18-15/h7-8,13H,4-6,9H2,1-3H3/t13-/m0/s1. The van der Waals surface area contributed by atoms with Crippen LogP contribution in [0.1, 0.15) is 52.1 Å². The maximum absolute atomic E-state index is 12.9. The van der Waals surface area contributed by atoms with Crippen LogP contribution < -0.4 is 0 Å². The normalized spacial score (nSPS) is 18.5. The van der Waals surface area contributed by atoms with Gasteiger partial charge in [-0.2, -0.15) is 0 Å². The van der Waals surface area contributed by atoms with Crippen LogP contribution in [0.4, 0.5) is 0 Å². The number of imidazole rings is 1. The van der Waals surface area contributed by atoms with Crippen molar-refractivity contribution in [2.45, 2.75) is 39.5 Å². The van der Waals surface area contributed by atoms with E-state index in [0.29, 0.717) is 23.6 Å². The Morgan fingerprint density at radius 3 is 2.96 bits per heavy atom. The van der Waals surface area contributed by atoms with Crippen LogP contribution in [0.25, 0.3) is 4.83 Å². The van der Waals surface area contributed by atoms with Crippen molar-refractivity contribution < 1.29 is 9.32 Å². The number of hydrogen-bond acceptors (Lipinski definition) is 5. The van der Waals surface area contributed by atoms with Gasteiger partial charge < -0.3 is 9.42 Å². The molecule has 0 aromatic carbocycles. The summed E-state index contributed by atoms with van der Waals surface area (Å²) in [5.74, 6) is 1.91. The molecule has 3 aromatic rings. The fourth-order valence-corrected chi connectivity index (χ4v) is 4.54. The van der Waals surface area contributed by atoms with Gasteiger partial charge in [0.25, 0.3) is 5.91 Å². The van der Waals surface area contributed by atoms with Crippen molar-refractivity contribution in [2.75, 3.05) is 13.1 Å². The SMILES string of the molecule is Cc1noc(C)c1C(=O)N1CCC[C@H](c2nc(C)n3ccsc23)C1. The van der Waals surface area contributed by atoms with E-state index in [-0.39, 0.29) is 11.8 Å². The third-order valence-corrected chi connectivity index (χ3v) is 5.69. The van der Waals surface area contributed by atoms with Crippen LogP contribution in [0.2, 0.25) is 0 Å². The number of amides is 1. The number of aryl methyl sites for hydroxylation is 3. The molecule has 7 heteroatoms. The highest BCUT2D eigenvalue weighted by Gasteiger charge is 2.31. The number of hydrogen-bond donors (Lipinski definition) is 0. The minimum atomic E-state index is 0.0225. The zero-order valence-electron chi connectivity index (χ0n) is 14.1. The van der Waals surface area contributed by atoms with Gasteiger partial charge in [0.1, 0.15) is 22.0 Å². The van der Waals surface area contributed by atoms with Gasteiger partial charge in [0.15, 0.2) is 0 Å². The number of nitrogens with zero attached hydrogens (tertiary/aromatic N) is 4. The topological polar surface area (TPSA) is 63.6 Å². The van der Waals surface area contributed by atoms with Crippen molar-refractivity contribution in [3.63, 3.8) is 0 Å². The minimum absolute atomic E-state index is 0.0225. The number of fused-ring (bicyclic) bond motifs is 1. The maximum atomic E-state index is 12.9. The van der Waals surface area contributed by atoms with Crippen molar-refractivity contribution in [2.24, 2.45) is 0 Å². The highest BCUT2D eigenvalue weighted by molar-refractivity contribution is 7.15. The number of thiazole rings is 1. The average Bonchev–Trinajstić information content (AvgIpc) is 3.25. The second-order valence-corrected chi connectivity index (χ2v) is 7.31. The van der Waals surface area contributed by atoms with E-state index in [1.807, 2.05) is 18.7 Å². The predicted molar refractivity (Wildman–Crippen MR) is 91.7 cm³/mol. The van der Waals surface area contributed by atoms with Crippen molar-refractivity contribution in [3.05, 3.63) is 40.1 Å². The van der Waals surface area contributed by atoms with Crippen LogP contribution in [0, 0.1) is 20.8 Å². The molecule has 0 N–H and O–H groups in total. The third-order valence-electron chi connectivity index (χ3n) is 4.80. The van der Waals surface area contributed by atoms with Crippen LogP contribution in [0.3, 0.4) is 0 Å². The smallest absolute Gasteiger partial charge is 0.259 e. The maximum Gasteiger partial charge on any atom is 0.259 e. The molecule has 0 unspecified atom stereocenters. The summed E-state index contributed by atoms with van der Waals surface area (Å²) in [5.41, 5.74) is 2.40. The van der Waals surface area contributed by atoms with Crippen LogP contribution in [-0.2, 0) is 0 Å². The van der Waals surface area contributed by atoms with Crippen molar-refractivity contribution in [1.29, 1.82) is 0 Å². The molecule has 1 atom stereocenters. The highest BCUT2D eigenvalue weighted by Crippen LogP contribution is 2.32. The molecule has 1 fully saturated rings. The molecule has 1 saturated heterocycles. The first-order valence-electron chi connectivity index (χ1n) is 8.20. The molecule has 1 aliphatic rings. The Balaban J connectivity index is 1.62. The summed E-state index contributed by atoms with van der Waals surface area (Å²) < 4.78 is 7.29. The molecule has 126 valence electrons. The molecule has 4 heterocycles. The van der Waals surface area contributed by atoms with Crippen LogP contribution in [0.5, 0.6) is 0 Å². The van der Waals surface area contributed by atoms with Crippen LogP contribution >= 0.6 is 11.3 Å². The molecule has 0 saturated carbocycles. The number of carbonyl (C=O) groups excluding carboxylic acids is 1. The molecular formula is C17H20N4O2S. The van der Waals surface area contributed by atoms with E-state index in [4.69, 9.17) is 9.51 Å². The van der Waals surface area contributed by atoms with Gasteiger partial charge in [-0.3, -0.25) is 9.20 Å². The summed E-state index contributed by atoms with van der Waals surface area (Å²) in [4.78, 5) is 20.8. The monoisotopic (exact) mass is 344 g/mol. The Labute approximate surface area is 144 Å². The van der Waals surface area contributed by atoms with Gasteiger partial charge in [-0.25, -0.2) is 4.98 Å². The number of carbonyl (C=O) groups is 1. The number of piperidine rings is 1. The molecule has 0 radical (unpaired) electrons. The van der Waals surface area contributed by atoms with E-state index in [1.54, 1.807) is 18.3 Å². The van der Waals surface area contributed by atoms with Gasteiger partial charge >= 0.3 is 0 Å². The van der Waals surface area contributed by atoms with Crippen molar-refractivity contribution >= 4 is 22.1 Å². The predicted octanol–water partition coefficient (Wildman–Crippen LogP) is 3.33. The number of rotatable bonds is 2. The molecular weight excluding hydrogens is 324 g/mol. The first-order valence-corrected chi connectivity index (χ1v) is 9.08. The van der Waals surface area contributed by atoms with Crippen molar-refractivity contribution in [1.82, 2.24) is 19.4 Å². The summed E-state index contributed by atoms with van der Waals surface area (Å²) in [7, 11) is 0. The molecule has 3 aromatic heterocycles. The Morgan fingerprint density at radius 1 is 1.38 bits per heavy atom. The van der Waals surface area contributed by atoms with Gasteiger partial charge in [0, 0.05) is 30.6 Å². The first kappa shape index (κ1) is 15.4. The van der Waals surface area contributed by atoms with Gasteiger partial charge in [-0.05, 0) is 33.6 Å². The average molecular weight is 344 g/mol. The van der Waals surface area contributed by atoms with Gasteiger partial charge in [0.2, 0.25) is 0 Å². The fourth-order valence-electron chi connectivity index (χ4n) is 3.59. The molecule has 0 aliphatic carbocycles. The summed E-state index contributed by atoms with van der Waals surface area (Å²) in [5, 5.41) is 6.00. The van der Waals surface area contributed by atoms with E-state index >= 15 is 0 Å². The zero-order valence-corrected chi connectivity index (χ0v) is 14.9. The third kappa shape index (κ3) is 2.34. The fraction of sp³-hybridized carbons (Fsp3) is 0.471. The van der Waals surface area contributed by atoms with Crippen LogP contribution in [0.15, 0.2) is 16.1 Å². The van der Waals surface area contributed by atoms with E-state index < -0.39 is 0 Å². The quantitative estimate of drug-likeness (QED) is 0.715. The number of likely N-dealkylation sites (tertiary alicyclic amines) is 1. The largest absolute Gasteiger partial charge is 0.361 e. The second-order valence-electron chi connectivity index (χ2n) is 6.41. The van der Waals surface area contributed by atoms with E-state index in [0.717, 1.165) is 30.9 Å². The Morgan fingerprint density at radius 2 is 2.21 bits per heavy atom. The van der Waals surface area contributed by atoms with Gasteiger partial charge in [-0.15, -0.1) is 11.3 Å². The molecule has 24 heavy (non-hydrogen) atoms. The summed E-state index contributed by atoms with van der Waals surface area (Å²) in [6.45, 7) is 7.12. The van der Waals surface area contributed by atoms with Crippen molar-refractivity contribution in [3.8, 4) is 0 Å². The Bertz CT molecular complexity index is 888. The molecule has 0 spiro atoms. The van der Waals surface area contributed by atoms with Gasteiger partial charge in [-0.1, -0.05) is 5.16 Å². The zero-order chi connectivity index (χ0) is 16.8. The van der Waals surface area contributed by atoms with E-state index in [9.17, 15) is 4.79 Å². The second kappa shape index (κ2) is 5.73. The highest BCUT2D eigenvalue weighted by atomic mass is 32.1. The van der Waals surface area contributed by atoms with E-state index in [2.05, 4.69) is 21.1 Å². The lowest BCUT2D eigenvalue weighted by Gasteiger charge is -2.32. The molecule has 6 nitrogen and oxygen atoms in total. The summed E-state index contributed by atoms with van der Waals surface area (Å²) >= 11 is 1.71. The van der Waals surface area contributed by atoms with E-state index in [1.165, 1.54) is 4.83 Å². The summed E-state index contributed by atoms with van der Waals surface area (Å²) in [6.07, 6.45) is 4.11. The first-order chi connectivity index (χ1) is 11.6. The lowest BCUT2D eigenvalue weighted by atomic mass is 9.94. The Hall–Kier alpha value is -2.15. The minimum Gasteiger partial charge on any atom is -0.361 e. The van der Waals surface area contributed by atoms with Crippen LogP contribution in [-0.4, -0.2) is 38.4 Å². The lowest BCUT2D eigenvalue weighted by molar-refractivity contribution is 0.0704. The summed E-state index contributed by atoms with van der Waals surface area (Å²) in [6, 6.07) is 0. The molecule has 0 bridgehead atoms. The lowest BCUT2D eigenvalue weighted by Crippen LogP contribution is -2.39. The number of aromatic nitrogens is 3. The molecule has 1 aliphatic heterocycles. The van der Waals surface area contributed by atoms with Gasteiger partial charge in [0.05, 0.1) is 11.4 Å². The Kier molecular flexibility index (Phi) is 3.68. The molecule has 1 amide bonds.